The predicted octanol–water partition coefficient (Wildman–Crippen LogP) is 2.61. The van der Waals surface area contributed by atoms with Crippen LogP contribution in [0.25, 0.3) is 5.78 Å². The van der Waals surface area contributed by atoms with Crippen LogP contribution < -0.4 is 15.0 Å². The zero-order chi connectivity index (χ0) is 19.7. The first kappa shape index (κ1) is 18.2. The molecule has 28 heavy (non-hydrogen) atoms. The molecule has 1 aromatic carbocycles. The highest BCUT2D eigenvalue weighted by Crippen LogP contribution is 2.29. The van der Waals surface area contributed by atoms with Crippen molar-refractivity contribution in [2.24, 2.45) is 0 Å². The molecule has 3 heterocycles. The maximum Gasteiger partial charge on any atom is 0.254 e. The van der Waals surface area contributed by atoms with Gasteiger partial charge >= 0.3 is 0 Å². The summed E-state index contributed by atoms with van der Waals surface area (Å²) in [7, 11) is 1.60. The van der Waals surface area contributed by atoms with E-state index in [9.17, 15) is 4.79 Å². The molecule has 8 nitrogen and oxygen atoms in total. The number of ether oxygens (including phenoxy) is 1. The number of nitrogens with one attached hydrogen (secondary N) is 1. The van der Waals surface area contributed by atoms with Crippen molar-refractivity contribution in [1.82, 2.24) is 19.6 Å². The van der Waals surface area contributed by atoms with Crippen LogP contribution in [0.4, 0.5) is 11.5 Å². The molecule has 4 rings (SSSR count). The molecule has 3 aromatic rings. The van der Waals surface area contributed by atoms with E-state index in [1.165, 1.54) is 6.33 Å². The van der Waals surface area contributed by atoms with Gasteiger partial charge in [0.25, 0.3) is 5.78 Å². The van der Waals surface area contributed by atoms with E-state index in [-0.39, 0.29) is 11.9 Å². The first-order valence-corrected chi connectivity index (χ1v) is 9.52. The molecule has 1 aliphatic heterocycles. The average molecular weight is 380 g/mol. The van der Waals surface area contributed by atoms with Gasteiger partial charge in [-0.15, -0.1) is 0 Å². The molecule has 1 unspecified atom stereocenters. The third-order valence-corrected chi connectivity index (χ3v) is 5.11. The van der Waals surface area contributed by atoms with Gasteiger partial charge in [0.15, 0.2) is 0 Å². The molecule has 1 saturated heterocycles. The summed E-state index contributed by atoms with van der Waals surface area (Å²) in [6.07, 6.45) is 4.00. The van der Waals surface area contributed by atoms with Crippen molar-refractivity contribution in [2.75, 3.05) is 23.9 Å². The van der Waals surface area contributed by atoms with E-state index in [0.29, 0.717) is 17.2 Å². The molecule has 0 radical (unpaired) electrons. The van der Waals surface area contributed by atoms with Gasteiger partial charge in [0.1, 0.15) is 23.9 Å². The zero-order valence-electron chi connectivity index (χ0n) is 16.3. The van der Waals surface area contributed by atoms with E-state index in [2.05, 4.69) is 32.2 Å². The Morgan fingerprint density at radius 1 is 1.36 bits per heavy atom. The molecular formula is C20H24N6O2. The molecule has 0 bridgehead atoms. The van der Waals surface area contributed by atoms with Crippen LogP contribution in [0.5, 0.6) is 5.75 Å². The molecule has 1 amide bonds. The summed E-state index contributed by atoms with van der Waals surface area (Å²) >= 11 is 0. The van der Waals surface area contributed by atoms with E-state index >= 15 is 0 Å². The Bertz CT molecular complexity index is 1020. The normalized spacial score (nSPS) is 16.5. The van der Waals surface area contributed by atoms with Crippen LogP contribution in [0, 0.1) is 6.92 Å². The molecule has 1 N–H and O–H groups in total. The standard InChI is InChI=1S/C20H24N6O2/c1-4-14-11-18(26-20(23-14)21-12-22-26)25-9-5-6-16(25)19(27)24-15-10-13(2)7-8-17(15)28-3/h7-8,10-12,16H,4-6,9H2,1-3H3,(H,24,27). The van der Waals surface area contributed by atoms with Crippen molar-refractivity contribution in [3.63, 3.8) is 0 Å². The fourth-order valence-corrected chi connectivity index (χ4v) is 3.68. The Balaban J connectivity index is 1.65. The Hall–Kier alpha value is -3.16. The van der Waals surface area contributed by atoms with Crippen LogP contribution in [-0.4, -0.2) is 45.2 Å². The molecule has 1 aliphatic rings. The number of aryl methyl sites for hydroxylation is 2. The summed E-state index contributed by atoms with van der Waals surface area (Å²) in [4.78, 5) is 24.0. The number of rotatable bonds is 5. The summed E-state index contributed by atoms with van der Waals surface area (Å²) in [5.41, 5.74) is 2.68. The van der Waals surface area contributed by atoms with E-state index in [0.717, 1.165) is 42.9 Å². The van der Waals surface area contributed by atoms with Crippen LogP contribution in [0.1, 0.15) is 31.0 Å². The Morgan fingerprint density at radius 3 is 3.00 bits per heavy atom. The number of carbonyl (C=O) groups excluding carboxylic acids is 1. The van der Waals surface area contributed by atoms with Crippen molar-refractivity contribution in [2.45, 2.75) is 39.2 Å². The predicted molar refractivity (Wildman–Crippen MR) is 107 cm³/mol. The molecule has 1 atom stereocenters. The largest absolute Gasteiger partial charge is 0.495 e. The van der Waals surface area contributed by atoms with Crippen LogP contribution >= 0.6 is 0 Å². The van der Waals surface area contributed by atoms with Crippen molar-refractivity contribution in [3.8, 4) is 5.75 Å². The highest BCUT2D eigenvalue weighted by molar-refractivity contribution is 5.98. The number of aromatic nitrogens is 4. The molecule has 146 valence electrons. The van der Waals surface area contributed by atoms with E-state index in [4.69, 9.17) is 4.74 Å². The van der Waals surface area contributed by atoms with Crippen molar-refractivity contribution in [1.29, 1.82) is 0 Å². The van der Waals surface area contributed by atoms with Gasteiger partial charge in [0.05, 0.1) is 12.8 Å². The molecule has 0 saturated carbocycles. The fourth-order valence-electron chi connectivity index (χ4n) is 3.68. The summed E-state index contributed by atoms with van der Waals surface area (Å²) in [5.74, 6) is 2.01. The van der Waals surface area contributed by atoms with Gasteiger partial charge in [-0.05, 0) is 43.9 Å². The summed E-state index contributed by atoms with van der Waals surface area (Å²) in [6, 6.07) is 7.46. The van der Waals surface area contributed by atoms with Crippen molar-refractivity contribution >= 4 is 23.2 Å². The van der Waals surface area contributed by atoms with Crippen LogP contribution in [-0.2, 0) is 11.2 Å². The smallest absolute Gasteiger partial charge is 0.254 e. The first-order chi connectivity index (χ1) is 13.6. The summed E-state index contributed by atoms with van der Waals surface area (Å²) in [5, 5.41) is 7.35. The number of carbonyl (C=O) groups is 1. The minimum absolute atomic E-state index is 0.0514. The summed E-state index contributed by atoms with van der Waals surface area (Å²) in [6.45, 7) is 4.82. The fraction of sp³-hybridized carbons (Fsp3) is 0.400. The SMILES string of the molecule is CCc1cc(N2CCCC2C(=O)Nc2cc(C)ccc2OC)n2ncnc2n1. The second-order valence-electron chi connectivity index (χ2n) is 6.98. The highest BCUT2D eigenvalue weighted by Gasteiger charge is 2.33. The molecule has 1 fully saturated rings. The number of nitrogens with zero attached hydrogens (tertiary/aromatic N) is 5. The molecular weight excluding hydrogens is 356 g/mol. The van der Waals surface area contributed by atoms with Gasteiger partial charge in [-0.3, -0.25) is 4.79 Å². The number of hydrogen-bond donors (Lipinski definition) is 1. The van der Waals surface area contributed by atoms with Crippen molar-refractivity contribution in [3.05, 3.63) is 41.9 Å². The number of benzene rings is 1. The topological polar surface area (TPSA) is 84.7 Å². The first-order valence-electron chi connectivity index (χ1n) is 9.52. The number of methoxy groups -OCH3 is 1. The van der Waals surface area contributed by atoms with E-state index in [1.54, 1.807) is 11.6 Å². The molecule has 2 aromatic heterocycles. The number of anilines is 2. The van der Waals surface area contributed by atoms with Gasteiger partial charge < -0.3 is 15.0 Å². The Labute approximate surface area is 163 Å². The quantitative estimate of drug-likeness (QED) is 0.732. The van der Waals surface area contributed by atoms with Gasteiger partial charge in [0.2, 0.25) is 5.91 Å². The molecule has 0 spiro atoms. The lowest BCUT2D eigenvalue weighted by molar-refractivity contribution is -0.117. The third-order valence-electron chi connectivity index (χ3n) is 5.11. The molecule has 8 heteroatoms. The summed E-state index contributed by atoms with van der Waals surface area (Å²) < 4.78 is 7.10. The minimum atomic E-state index is -0.287. The molecule has 0 aliphatic carbocycles. The van der Waals surface area contributed by atoms with Gasteiger partial charge in [-0.2, -0.15) is 14.6 Å². The van der Waals surface area contributed by atoms with E-state index < -0.39 is 0 Å². The average Bonchev–Trinajstić information content (AvgIpc) is 3.36. The Kier molecular flexibility index (Phi) is 4.85. The Morgan fingerprint density at radius 2 is 2.21 bits per heavy atom. The van der Waals surface area contributed by atoms with E-state index in [1.807, 2.05) is 31.2 Å². The lowest BCUT2D eigenvalue weighted by atomic mass is 10.1. The number of hydrogen-bond acceptors (Lipinski definition) is 6. The number of fused-ring (bicyclic) bond motifs is 1. The minimum Gasteiger partial charge on any atom is -0.495 e. The monoisotopic (exact) mass is 380 g/mol. The zero-order valence-corrected chi connectivity index (χ0v) is 16.3. The third kappa shape index (κ3) is 3.26. The number of amides is 1. The maximum absolute atomic E-state index is 13.1. The van der Waals surface area contributed by atoms with Gasteiger partial charge in [-0.1, -0.05) is 13.0 Å². The highest BCUT2D eigenvalue weighted by atomic mass is 16.5. The second-order valence-corrected chi connectivity index (χ2v) is 6.98. The van der Waals surface area contributed by atoms with Gasteiger partial charge in [0, 0.05) is 18.3 Å². The van der Waals surface area contributed by atoms with Crippen LogP contribution in [0.15, 0.2) is 30.6 Å². The van der Waals surface area contributed by atoms with Gasteiger partial charge in [-0.25, -0.2) is 4.98 Å². The van der Waals surface area contributed by atoms with Crippen LogP contribution in [0.2, 0.25) is 0 Å². The second kappa shape index (κ2) is 7.46. The maximum atomic E-state index is 13.1. The van der Waals surface area contributed by atoms with Crippen molar-refractivity contribution < 1.29 is 9.53 Å². The van der Waals surface area contributed by atoms with Crippen LogP contribution in [0.3, 0.4) is 0 Å². The lowest BCUT2D eigenvalue weighted by Gasteiger charge is -2.26. The lowest BCUT2D eigenvalue weighted by Crippen LogP contribution is -2.40.